The van der Waals surface area contributed by atoms with Gasteiger partial charge in [0, 0.05) is 18.0 Å². The lowest BCUT2D eigenvalue weighted by Gasteiger charge is -2.09. The summed E-state index contributed by atoms with van der Waals surface area (Å²) < 4.78 is 0. The van der Waals surface area contributed by atoms with Crippen molar-refractivity contribution in [2.45, 2.75) is 26.2 Å². The summed E-state index contributed by atoms with van der Waals surface area (Å²) in [4.78, 5) is 0. The molecule has 0 saturated carbocycles. The molecule has 0 aliphatic heterocycles. The highest BCUT2D eigenvalue weighted by Crippen LogP contribution is 2.16. The molecule has 88 valence electrons. The third-order valence-electron chi connectivity index (χ3n) is 2.46. The number of nitrogens with one attached hydrogen (secondary N) is 1. The van der Waals surface area contributed by atoms with Gasteiger partial charge in [0.15, 0.2) is 0 Å². The van der Waals surface area contributed by atoms with Gasteiger partial charge < -0.3 is 5.32 Å². The quantitative estimate of drug-likeness (QED) is 0.532. The first-order valence-corrected chi connectivity index (χ1v) is 6.62. The van der Waals surface area contributed by atoms with Crippen molar-refractivity contribution < 1.29 is 0 Å². The molecule has 0 amide bonds. The molecule has 0 aliphatic rings. The fourth-order valence-corrected chi connectivity index (χ4v) is 1.69. The zero-order valence-electron chi connectivity index (χ0n) is 9.95. The Kier molecular flexibility index (Phi) is 6.82. The Morgan fingerprint density at radius 2 is 2.06 bits per heavy atom. The van der Waals surface area contributed by atoms with Crippen molar-refractivity contribution in [2.75, 3.05) is 17.6 Å². The molecule has 0 radical (unpaired) electrons. The Labute approximate surface area is 104 Å². The number of benzene rings is 1. The second-order valence-corrected chi connectivity index (χ2v) is 4.17. The van der Waals surface area contributed by atoms with Gasteiger partial charge in [0.25, 0.3) is 0 Å². The van der Waals surface area contributed by atoms with E-state index in [9.17, 15) is 0 Å². The standard InChI is InChI=1S/C14H21NS/c1-2-3-6-11-15-14-10-5-4-8-13(14)9-7-12-16/h4-5,7-10,15-16H,2-3,6,11-12H2,1H3. The third-order valence-corrected chi connectivity index (χ3v) is 2.67. The van der Waals surface area contributed by atoms with Crippen molar-refractivity contribution >= 4 is 24.4 Å². The van der Waals surface area contributed by atoms with Crippen LogP contribution in [0.1, 0.15) is 31.7 Å². The fourth-order valence-electron chi connectivity index (χ4n) is 1.58. The molecule has 1 aromatic rings. The molecule has 1 nitrogen and oxygen atoms in total. The van der Waals surface area contributed by atoms with E-state index >= 15 is 0 Å². The molecular formula is C14H21NS. The van der Waals surface area contributed by atoms with E-state index in [0.29, 0.717) is 0 Å². The van der Waals surface area contributed by atoms with Gasteiger partial charge in [-0.2, -0.15) is 12.6 Å². The Morgan fingerprint density at radius 3 is 2.81 bits per heavy atom. The summed E-state index contributed by atoms with van der Waals surface area (Å²) >= 11 is 4.18. The molecule has 16 heavy (non-hydrogen) atoms. The molecule has 0 atom stereocenters. The van der Waals surface area contributed by atoms with Crippen LogP contribution >= 0.6 is 12.6 Å². The van der Waals surface area contributed by atoms with Crippen molar-refractivity contribution in [1.29, 1.82) is 0 Å². The van der Waals surface area contributed by atoms with Gasteiger partial charge in [0.05, 0.1) is 0 Å². The van der Waals surface area contributed by atoms with E-state index in [4.69, 9.17) is 0 Å². The summed E-state index contributed by atoms with van der Waals surface area (Å²) in [5.41, 5.74) is 2.46. The second kappa shape index (κ2) is 8.28. The molecule has 1 aromatic carbocycles. The van der Waals surface area contributed by atoms with Crippen LogP contribution in [0.15, 0.2) is 30.3 Å². The topological polar surface area (TPSA) is 12.0 Å². The van der Waals surface area contributed by atoms with Crippen LogP contribution in [0.5, 0.6) is 0 Å². The summed E-state index contributed by atoms with van der Waals surface area (Å²) in [6, 6.07) is 8.39. The van der Waals surface area contributed by atoms with Crippen LogP contribution in [-0.4, -0.2) is 12.3 Å². The van der Waals surface area contributed by atoms with E-state index in [-0.39, 0.29) is 0 Å². The molecule has 0 bridgehead atoms. The van der Waals surface area contributed by atoms with E-state index in [0.717, 1.165) is 12.3 Å². The molecule has 0 spiro atoms. The summed E-state index contributed by atoms with van der Waals surface area (Å²) in [7, 11) is 0. The number of rotatable bonds is 7. The van der Waals surface area contributed by atoms with Crippen LogP contribution in [0.25, 0.3) is 6.08 Å². The van der Waals surface area contributed by atoms with E-state index in [1.807, 2.05) is 0 Å². The number of para-hydroxylation sites is 1. The van der Waals surface area contributed by atoms with Gasteiger partial charge in [-0.15, -0.1) is 0 Å². The van der Waals surface area contributed by atoms with Crippen LogP contribution < -0.4 is 5.32 Å². The zero-order chi connectivity index (χ0) is 11.6. The molecule has 2 heteroatoms. The van der Waals surface area contributed by atoms with Gasteiger partial charge in [-0.3, -0.25) is 0 Å². The minimum Gasteiger partial charge on any atom is -0.385 e. The lowest BCUT2D eigenvalue weighted by Crippen LogP contribution is -2.02. The van der Waals surface area contributed by atoms with Crippen molar-refractivity contribution in [3.8, 4) is 0 Å². The van der Waals surface area contributed by atoms with Gasteiger partial charge in [0.2, 0.25) is 0 Å². The Bertz CT molecular complexity index is 320. The first-order chi connectivity index (χ1) is 7.88. The average molecular weight is 235 g/mol. The van der Waals surface area contributed by atoms with Gasteiger partial charge in [-0.05, 0) is 18.1 Å². The van der Waals surface area contributed by atoms with Crippen molar-refractivity contribution in [1.82, 2.24) is 0 Å². The maximum Gasteiger partial charge on any atom is 0.0413 e. The molecular weight excluding hydrogens is 214 g/mol. The summed E-state index contributed by atoms with van der Waals surface area (Å²) in [5.74, 6) is 0.782. The van der Waals surface area contributed by atoms with E-state index < -0.39 is 0 Å². The lowest BCUT2D eigenvalue weighted by atomic mass is 10.1. The molecule has 0 heterocycles. The van der Waals surface area contributed by atoms with Crippen LogP contribution in [0, 0.1) is 0 Å². The van der Waals surface area contributed by atoms with Gasteiger partial charge in [0.1, 0.15) is 0 Å². The average Bonchev–Trinajstić information content (AvgIpc) is 2.33. The zero-order valence-corrected chi connectivity index (χ0v) is 10.8. The third kappa shape index (κ3) is 4.75. The normalized spacial score (nSPS) is 10.9. The van der Waals surface area contributed by atoms with Crippen molar-refractivity contribution in [3.63, 3.8) is 0 Å². The molecule has 0 aliphatic carbocycles. The lowest BCUT2D eigenvalue weighted by molar-refractivity contribution is 0.744. The molecule has 0 aromatic heterocycles. The maximum absolute atomic E-state index is 4.18. The molecule has 1 rings (SSSR count). The van der Waals surface area contributed by atoms with Crippen LogP contribution in [0.3, 0.4) is 0 Å². The first kappa shape index (κ1) is 13.2. The highest BCUT2D eigenvalue weighted by molar-refractivity contribution is 7.80. The largest absolute Gasteiger partial charge is 0.385 e. The number of unbranched alkanes of at least 4 members (excludes halogenated alkanes) is 2. The van der Waals surface area contributed by atoms with Crippen molar-refractivity contribution in [3.05, 3.63) is 35.9 Å². The minimum atomic E-state index is 0.782. The van der Waals surface area contributed by atoms with Gasteiger partial charge in [-0.25, -0.2) is 0 Å². The van der Waals surface area contributed by atoms with Crippen molar-refractivity contribution in [2.24, 2.45) is 0 Å². The summed E-state index contributed by atoms with van der Waals surface area (Å²) in [6.45, 7) is 3.28. The van der Waals surface area contributed by atoms with E-state index in [1.165, 1.54) is 30.5 Å². The predicted molar refractivity (Wildman–Crippen MR) is 77.3 cm³/mol. The fraction of sp³-hybridized carbons (Fsp3) is 0.429. The first-order valence-electron chi connectivity index (χ1n) is 5.98. The van der Waals surface area contributed by atoms with Crippen LogP contribution in [0.2, 0.25) is 0 Å². The number of hydrogen-bond donors (Lipinski definition) is 2. The van der Waals surface area contributed by atoms with E-state index in [2.05, 4.69) is 61.3 Å². The van der Waals surface area contributed by atoms with Crippen LogP contribution in [0.4, 0.5) is 5.69 Å². The Balaban J connectivity index is 2.53. The monoisotopic (exact) mass is 235 g/mol. The Morgan fingerprint density at radius 1 is 1.25 bits per heavy atom. The SMILES string of the molecule is CCCCCNc1ccccc1C=CCS. The molecule has 1 N–H and O–H groups in total. The highest BCUT2D eigenvalue weighted by Gasteiger charge is 1.96. The molecule has 0 fully saturated rings. The highest BCUT2D eigenvalue weighted by atomic mass is 32.1. The summed E-state index contributed by atoms with van der Waals surface area (Å²) in [5, 5.41) is 3.48. The predicted octanol–water partition coefficient (Wildman–Crippen LogP) is 4.23. The second-order valence-electron chi connectivity index (χ2n) is 3.81. The maximum atomic E-state index is 4.18. The molecule has 0 saturated heterocycles. The number of anilines is 1. The van der Waals surface area contributed by atoms with Crippen LogP contribution in [-0.2, 0) is 0 Å². The number of thiol groups is 1. The summed E-state index contributed by atoms with van der Waals surface area (Å²) in [6.07, 6.45) is 7.98. The van der Waals surface area contributed by atoms with Gasteiger partial charge >= 0.3 is 0 Å². The number of hydrogen-bond acceptors (Lipinski definition) is 2. The smallest absolute Gasteiger partial charge is 0.0413 e. The van der Waals surface area contributed by atoms with E-state index in [1.54, 1.807) is 0 Å². The Hall–Kier alpha value is -0.890. The van der Waals surface area contributed by atoms with Gasteiger partial charge in [-0.1, -0.05) is 50.1 Å². The molecule has 0 unspecified atom stereocenters. The minimum absolute atomic E-state index is 0.782.